The van der Waals surface area contributed by atoms with E-state index in [2.05, 4.69) is 45.6 Å². The van der Waals surface area contributed by atoms with Crippen LogP contribution in [0.25, 0.3) is 0 Å². The molecule has 0 aliphatic rings. The second-order valence-corrected chi connectivity index (χ2v) is 6.51. The first-order valence-electron chi connectivity index (χ1n) is 7.56. The summed E-state index contributed by atoms with van der Waals surface area (Å²) in [6, 6.07) is 11.8. The molecule has 2 N–H and O–H groups in total. The minimum Gasteiger partial charge on any atom is -0.315 e. The third-order valence-corrected chi connectivity index (χ3v) is 3.86. The maximum atomic E-state index is 13.6. The first-order chi connectivity index (χ1) is 11.9. The van der Waals surface area contributed by atoms with Gasteiger partial charge in [-0.1, -0.05) is 54.0 Å². The van der Waals surface area contributed by atoms with Gasteiger partial charge < -0.3 is 5.32 Å². The lowest BCUT2D eigenvalue weighted by atomic mass is 10.0. The lowest BCUT2D eigenvalue weighted by molar-refractivity contribution is -0.136. The van der Waals surface area contributed by atoms with E-state index in [0.717, 1.165) is 5.56 Å². The van der Waals surface area contributed by atoms with Gasteiger partial charge in [0.25, 0.3) is 0 Å². The quantitative estimate of drug-likeness (QED) is 0.461. The van der Waals surface area contributed by atoms with Crippen LogP contribution in [0.4, 0.5) is 10.1 Å². The van der Waals surface area contributed by atoms with Crippen molar-refractivity contribution in [2.45, 2.75) is 19.8 Å². The van der Waals surface area contributed by atoms with E-state index >= 15 is 0 Å². The second-order valence-electron chi connectivity index (χ2n) is 5.60. The molecule has 0 aliphatic carbocycles. The zero-order valence-electron chi connectivity index (χ0n) is 13.7. The summed E-state index contributed by atoms with van der Waals surface area (Å²) in [6.45, 7) is 4.19. The molecule has 2 rings (SSSR count). The van der Waals surface area contributed by atoms with Gasteiger partial charge >= 0.3 is 11.8 Å². The van der Waals surface area contributed by atoms with Crippen molar-refractivity contribution in [1.29, 1.82) is 0 Å². The molecule has 7 heteroatoms. The number of nitrogens with zero attached hydrogens (tertiary/aromatic N) is 1. The van der Waals surface area contributed by atoms with Crippen molar-refractivity contribution in [3.8, 4) is 0 Å². The molecule has 0 saturated carbocycles. The summed E-state index contributed by atoms with van der Waals surface area (Å²) in [5, 5.41) is 5.91. The number of carbonyl (C=O) groups is 2. The molecular weight excluding hydrogens is 389 g/mol. The molecule has 0 atom stereocenters. The zero-order valence-corrected chi connectivity index (χ0v) is 15.3. The standard InChI is InChI=1S/C18H17BrFN3O2/c1-11(2)13-5-3-12(4-6-13)10-21-23-18(25)17(24)22-16-8-7-14(19)9-15(16)20/h3-11H,1-2H3,(H,22,24)(H,23,25)/b21-10+. The molecule has 0 heterocycles. The molecule has 0 fully saturated rings. The van der Waals surface area contributed by atoms with E-state index in [-0.39, 0.29) is 5.69 Å². The number of hydrogen-bond acceptors (Lipinski definition) is 3. The molecule has 2 aromatic carbocycles. The fraction of sp³-hybridized carbons (Fsp3) is 0.167. The van der Waals surface area contributed by atoms with Crippen LogP contribution in [0.3, 0.4) is 0 Å². The number of benzene rings is 2. The minimum absolute atomic E-state index is 0.0865. The largest absolute Gasteiger partial charge is 0.329 e. The number of hydrogen-bond donors (Lipinski definition) is 2. The van der Waals surface area contributed by atoms with E-state index in [1.54, 1.807) is 6.07 Å². The van der Waals surface area contributed by atoms with Gasteiger partial charge in [-0.3, -0.25) is 9.59 Å². The molecule has 2 aromatic rings. The van der Waals surface area contributed by atoms with Gasteiger partial charge in [0.2, 0.25) is 0 Å². The number of halogens is 2. The maximum absolute atomic E-state index is 13.6. The van der Waals surface area contributed by atoms with Gasteiger partial charge in [-0.15, -0.1) is 0 Å². The summed E-state index contributed by atoms with van der Waals surface area (Å²) in [5.41, 5.74) is 3.99. The van der Waals surface area contributed by atoms with Crippen molar-refractivity contribution in [1.82, 2.24) is 5.43 Å². The third-order valence-electron chi connectivity index (χ3n) is 3.37. The Morgan fingerprint density at radius 1 is 1.12 bits per heavy atom. The second kappa shape index (κ2) is 8.53. The van der Waals surface area contributed by atoms with Crippen molar-refractivity contribution >= 4 is 39.6 Å². The molecule has 0 aromatic heterocycles. The topological polar surface area (TPSA) is 70.6 Å². The minimum atomic E-state index is -1.01. The zero-order chi connectivity index (χ0) is 18.4. The predicted octanol–water partition coefficient (Wildman–Crippen LogP) is 3.80. The molecule has 25 heavy (non-hydrogen) atoms. The molecule has 0 aliphatic heterocycles. The van der Waals surface area contributed by atoms with Gasteiger partial charge in [0, 0.05) is 4.47 Å². The van der Waals surface area contributed by atoms with Gasteiger partial charge in [-0.05, 0) is 35.2 Å². The SMILES string of the molecule is CC(C)c1ccc(/C=N/NC(=O)C(=O)Nc2ccc(Br)cc2F)cc1. The fourth-order valence-electron chi connectivity index (χ4n) is 1.95. The molecule has 0 spiro atoms. The van der Waals surface area contributed by atoms with Crippen LogP contribution in [0, 0.1) is 5.82 Å². The summed E-state index contributed by atoms with van der Waals surface area (Å²) >= 11 is 3.11. The van der Waals surface area contributed by atoms with Crippen LogP contribution >= 0.6 is 15.9 Å². The van der Waals surface area contributed by atoms with Gasteiger partial charge in [0.05, 0.1) is 11.9 Å². The van der Waals surface area contributed by atoms with Crippen LogP contribution in [0.2, 0.25) is 0 Å². The molecule has 0 bridgehead atoms. The molecule has 0 saturated heterocycles. The highest BCUT2D eigenvalue weighted by atomic mass is 79.9. The van der Waals surface area contributed by atoms with Crippen LogP contribution in [0.1, 0.15) is 30.9 Å². The summed E-state index contributed by atoms with van der Waals surface area (Å²) in [4.78, 5) is 23.4. The molecule has 130 valence electrons. The van der Waals surface area contributed by atoms with Crippen LogP contribution < -0.4 is 10.7 Å². The number of nitrogens with one attached hydrogen (secondary N) is 2. The fourth-order valence-corrected chi connectivity index (χ4v) is 2.29. The molecule has 2 amide bonds. The van der Waals surface area contributed by atoms with Crippen LogP contribution in [-0.4, -0.2) is 18.0 Å². The van der Waals surface area contributed by atoms with Crippen molar-refractivity contribution in [3.05, 3.63) is 63.9 Å². The summed E-state index contributed by atoms with van der Waals surface area (Å²) < 4.78 is 14.2. The smallest absolute Gasteiger partial charge is 0.315 e. The maximum Gasteiger partial charge on any atom is 0.329 e. The van der Waals surface area contributed by atoms with Crippen molar-refractivity contribution in [2.75, 3.05) is 5.32 Å². The van der Waals surface area contributed by atoms with Crippen molar-refractivity contribution in [2.24, 2.45) is 5.10 Å². The van der Waals surface area contributed by atoms with E-state index in [1.165, 1.54) is 23.9 Å². The first-order valence-corrected chi connectivity index (χ1v) is 8.35. The Bertz CT molecular complexity index is 804. The first kappa shape index (κ1) is 18.8. The number of rotatable bonds is 4. The Morgan fingerprint density at radius 3 is 2.40 bits per heavy atom. The van der Waals surface area contributed by atoms with E-state index in [0.29, 0.717) is 10.4 Å². The van der Waals surface area contributed by atoms with Gasteiger partial charge in [-0.2, -0.15) is 5.10 Å². The molecule has 0 unspecified atom stereocenters. The Hall–Kier alpha value is -2.54. The number of anilines is 1. The highest BCUT2D eigenvalue weighted by Crippen LogP contribution is 2.19. The lowest BCUT2D eigenvalue weighted by Gasteiger charge is -2.06. The summed E-state index contributed by atoms with van der Waals surface area (Å²) in [5.74, 6) is -2.22. The van der Waals surface area contributed by atoms with E-state index in [9.17, 15) is 14.0 Å². The highest BCUT2D eigenvalue weighted by molar-refractivity contribution is 9.10. The monoisotopic (exact) mass is 405 g/mol. The van der Waals surface area contributed by atoms with E-state index in [1.807, 2.05) is 24.3 Å². The number of amides is 2. The lowest BCUT2D eigenvalue weighted by Crippen LogP contribution is -2.32. The van der Waals surface area contributed by atoms with Gasteiger partial charge in [0.15, 0.2) is 0 Å². The summed E-state index contributed by atoms with van der Waals surface area (Å²) in [7, 11) is 0. The Kier molecular flexibility index (Phi) is 6.41. The molecule has 5 nitrogen and oxygen atoms in total. The predicted molar refractivity (Wildman–Crippen MR) is 99.0 cm³/mol. The number of hydrazone groups is 1. The Morgan fingerprint density at radius 2 is 1.80 bits per heavy atom. The Balaban J connectivity index is 1.91. The third kappa shape index (κ3) is 5.49. The summed E-state index contributed by atoms with van der Waals surface area (Å²) in [6.07, 6.45) is 1.43. The van der Waals surface area contributed by atoms with Gasteiger partial charge in [0.1, 0.15) is 5.82 Å². The van der Waals surface area contributed by atoms with Crippen LogP contribution in [-0.2, 0) is 9.59 Å². The number of carbonyl (C=O) groups excluding carboxylic acids is 2. The molecular formula is C18H17BrFN3O2. The van der Waals surface area contributed by atoms with Crippen molar-refractivity contribution < 1.29 is 14.0 Å². The average molecular weight is 406 g/mol. The van der Waals surface area contributed by atoms with Gasteiger partial charge in [-0.25, -0.2) is 9.82 Å². The van der Waals surface area contributed by atoms with E-state index in [4.69, 9.17) is 0 Å². The van der Waals surface area contributed by atoms with Crippen LogP contribution in [0.15, 0.2) is 52.0 Å². The normalized spacial score (nSPS) is 10.9. The van der Waals surface area contributed by atoms with Crippen molar-refractivity contribution in [3.63, 3.8) is 0 Å². The van der Waals surface area contributed by atoms with E-state index < -0.39 is 17.6 Å². The highest BCUT2D eigenvalue weighted by Gasteiger charge is 2.15. The molecule has 0 radical (unpaired) electrons. The van der Waals surface area contributed by atoms with Crippen LogP contribution in [0.5, 0.6) is 0 Å². The average Bonchev–Trinajstić information content (AvgIpc) is 2.57. The Labute approximate surface area is 153 Å².